The Bertz CT molecular complexity index is 690. The van der Waals surface area contributed by atoms with Gasteiger partial charge in [0, 0.05) is 16.5 Å². The van der Waals surface area contributed by atoms with Gasteiger partial charge in [-0.15, -0.1) is 11.8 Å². The van der Waals surface area contributed by atoms with Gasteiger partial charge in [0.2, 0.25) is 0 Å². The molecule has 0 radical (unpaired) electrons. The number of carbonyl (C=O) groups is 1. The van der Waals surface area contributed by atoms with Gasteiger partial charge in [-0.3, -0.25) is 9.78 Å². The van der Waals surface area contributed by atoms with E-state index in [-0.39, 0.29) is 5.91 Å². The summed E-state index contributed by atoms with van der Waals surface area (Å²) in [7, 11) is 0. The Hall–Kier alpha value is -1.59. The van der Waals surface area contributed by atoms with Crippen LogP contribution in [0, 0.1) is 0 Å². The summed E-state index contributed by atoms with van der Waals surface area (Å²) in [4.78, 5) is 17.7. The van der Waals surface area contributed by atoms with Crippen molar-refractivity contribution in [2.75, 3.05) is 11.6 Å². The Balaban J connectivity index is 1.96. The lowest BCUT2D eigenvalue weighted by molar-refractivity contribution is -0.124. The Morgan fingerprint density at radius 3 is 2.72 bits per heavy atom. The quantitative estimate of drug-likeness (QED) is 0.462. The van der Waals surface area contributed by atoms with Crippen LogP contribution in [0.4, 0.5) is 5.69 Å². The number of aliphatic hydroxyl groups is 1. The number of hydrogen-bond donors (Lipinski definition) is 2. The molecule has 0 saturated heterocycles. The molecule has 4 nitrogen and oxygen atoms in total. The largest absolute Gasteiger partial charge is 0.383 e. The van der Waals surface area contributed by atoms with Gasteiger partial charge >= 0.3 is 0 Å². The number of thioether (sulfide) groups is 1. The van der Waals surface area contributed by atoms with Crippen molar-refractivity contribution in [3.8, 4) is 0 Å². The molecule has 0 spiro atoms. The van der Waals surface area contributed by atoms with E-state index in [0.717, 1.165) is 34.3 Å². The molecule has 0 bridgehead atoms. The van der Waals surface area contributed by atoms with Crippen LogP contribution in [0.15, 0.2) is 35.4 Å². The lowest BCUT2D eigenvalue weighted by atomic mass is 10.1. The number of aromatic nitrogens is 1. The SMILES string of the molecule is CCCCCCCCC(O)C(=O)Nc1c(SC)ccc2ncccc12. The molecule has 1 amide bonds. The Kier molecular flexibility index (Phi) is 8.22. The lowest BCUT2D eigenvalue weighted by Gasteiger charge is -2.15. The molecule has 2 rings (SSSR count). The molecule has 25 heavy (non-hydrogen) atoms. The molecule has 2 aromatic rings. The van der Waals surface area contributed by atoms with Crippen molar-refractivity contribution in [3.63, 3.8) is 0 Å². The molecule has 1 atom stereocenters. The minimum atomic E-state index is -0.965. The molecule has 1 heterocycles. The normalized spacial score (nSPS) is 12.3. The zero-order valence-corrected chi connectivity index (χ0v) is 15.9. The molecular weight excluding hydrogens is 332 g/mol. The Morgan fingerprint density at radius 2 is 1.96 bits per heavy atom. The fraction of sp³-hybridized carbons (Fsp3) is 0.500. The molecule has 5 heteroatoms. The smallest absolute Gasteiger partial charge is 0.253 e. The fourth-order valence-electron chi connectivity index (χ4n) is 2.89. The van der Waals surface area contributed by atoms with Crippen LogP contribution >= 0.6 is 11.8 Å². The number of hydrogen-bond acceptors (Lipinski definition) is 4. The van der Waals surface area contributed by atoms with Crippen LogP contribution in [0.2, 0.25) is 0 Å². The van der Waals surface area contributed by atoms with Gasteiger partial charge in [0.05, 0.1) is 11.2 Å². The fourth-order valence-corrected chi connectivity index (χ4v) is 3.46. The first kappa shape index (κ1) is 19.7. The van der Waals surface area contributed by atoms with Gasteiger partial charge in [0.25, 0.3) is 5.91 Å². The summed E-state index contributed by atoms with van der Waals surface area (Å²) in [6, 6.07) is 7.70. The molecule has 0 saturated carbocycles. The molecule has 2 N–H and O–H groups in total. The number of carbonyl (C=O) groups excluding carboxylic acids is 1. The molecule has 0 fully saturated rings. The number of rotatable bonds is 10. The standard InChI is InChI=1S/C20H28N2O2S/c1-3-4-5-6-7-8-11-17(23)20(24)22-19-15-10-9-14-21-16(15)12-13-18(19)25-2/h9-10,12-14,17,23H,3-8,11H2,1-2H3,(H,22,24). The Morgan fingerprint density at radius 1 is 1.20 bits per heavy atom. The molecule has 1 unspecified atom stereocenters. The number of anilines is 1. The van der Waals surface area contributed by atoms with Crippen molar-refractivity contribution in [3.05, 3.63) is 30.5 Å². The third-order valence-electron chi connectivity index (χ3n) is 4.35. The predicted molar refractivity (Wildman–Crippen MR) is 106 cm³/mol. The van der Waals surface area contributed by atoms with Crippen LogP contribution < -0.4 is 5.32 Å². The van der Waals surface area contributed by atoms with Crippen LogP contribution in [-0.2, 0) is 4.79 Å². The molecule has 0 aliphatic heterocycles. The van der Waals surface area contributed by atoms with Crippen molar-refractivity contribution < 1.29 is 9.90 Å². The zero-order valence-electron chi connectivity index (χ0n) is 15.1. The van der Waals surface area contributed by atoms with Gasteiger partial charge in [-0.25, -0.2) is 0 Å². The average molecular weight is 361 g/mol. The molecule has 1 aromatic heterocycles. The summed E-state index contributed by atoms with van der Waals surface area (Å²) in [6.45, 7) is 2.19. The topological polar surface area (TPSA) is 62.2 Å². The summed E-state index contributed by atoms with van der Waals surface area (Å²) < 4.78 is 0. The zero-order chi connectivity index (χ0) is 18.1. The van der Waals surface area contributed by atoms with E-state index in [1.165, 1.54) is 25.7 Å². The van der Waals surface area contributed by atoms with Gasteiger partial charge in [-0.2, -0.15) is 0 Å². The molecule has 0 aliphatic rings. The first-order valence-electron chi connectivity index (χ1n) is 9.08. The Labute approximate surface area is 154 Å². The number of amides is 1. The van der Waals surface area contributed by atoms with Gasteiger partial charge in [0.1, 0.15) is 6.10 Å². The average Bonchev–Trinajstić information content (AvgIpc) is 2.64. The summed E-state index contributed by atoms with van der Waals surface area (Å²) in [6.07, 6.45) is 10.1. The second-order valence-electron chi connectivity index (χ2n) is 6.27. The third kappa shape index (κ3) is 5.72. The minimum absolute atomic E-state index is 0.333. The first-order valence-corrected chi connectivity index (χ1v) is 10.3. The van der Waals surface area contributed by atoms with E-state index in [1.807, 2.05) is 30.5 Å². The van der Waals surface area contributed by atoms with Gasteiger partial charge in [0.15, 0.2) is 0 Å². The van der Waals surface area contributed by atoms with Crippen LogP contribution in [-0.4, -0.2) is 28.4 Å². The number of nitrogens with zero attached hydrogens (tertiary/aromatic N) is 1. The number of unbranched alkanes of at least 4 members (excludes halogenated alkanes) is 5. The number of aliphatic hydroxyl groups excluding tert-OH is 1. The monoisotopic (exact) mass is 360 g/mol. The summed E-state index contributed by atoms with van der Waals surface area (Å²) in [5.74, 6) is -0.333. The van der Waals surface area contributed by atoms with E-state index >= 15 is 0 Å². The van der Waals surface area contributed by atoms with Crippen LogP contribution in [0.25, 0.3) is 10.9 Å². The highest BCUT2D eigenvalue weighted by Crippen LogP contribution is 2.32. The first-order chi connectivity index (χ1) is 12.2. The van der Waals surface area contributed by atoms with E-state index in [1.54, 1.807) is 18.0 Å². The lowest BCUT2D eigenvalue weighted by Crippen LogP contribution is -2.27. The second-order valence-corrected chi connectivity index (χ2v) is 7.12. The number of benzene rings is 1. The highest BCUT2D eigenvalue weighted by Gasteiger charge is 2.17. The van der Waals surface area contributed by atoms with Gasteiger partial charge in [-0.05, 0) is 36.9 Å². The summed E-state index contributed by atoms with van der Waals surface area (Å²) >= 11 is 1.57. The van der Waals surface area contributed by atoms with Gasteiger partial charge < -0.3 is 10.4 Å². The van der Waals surface area contributed by atoms with Crippen molar-refractivity contribution in [2.45, 2.75) is 62.9 Å². The number of fused-ring (bicyclic) bond motifs is 1. The number of nitrogens with one attached hydrogen (secondary N) is 1. The third-order valence-corrected chi connectivity index (χ3v) is 5.13. The highest BCUT2D eigenvalue weighted by atomic mass is 32.2. The van der Waals surface area contributed by atoms with Gasteiger partial charge in [-0.1, -0.05) is 45.4 Å². The van der Waals surface area contributed by atoms with E-state index in [4.69, 9.17) is 0 Å². The summed E-state index contributed by atoms with van der Waals surface area (Å²) in [5, 5.41) is 14.0. The highest BCUT2D eigenvalue weighted by molar-refractivity contribution is 7.98. The van der Waals surface area contributed by atoms with E-state index < -0.39 is 6.10 Å². The van der Waals surface area contributed by atoms with E-state index in [2.05, 4.69) is 17.2 Å². The van der Waals surface area contributed by atoms with E-state index in [0.29, 0.717) is 6.42 Å². The predicted octanol–water partition coefficient (Wildman–Crippen LogP) is 5.01. The maximum absolute atomic E-state index is 12.4. The van der Waals surface area contributed by atoms with Crippen molar-refractivity contribution >= 4 is 34.3 Å². The van der Waals surface area contributed by atoms with Crippen LogP contribution in [0.1, 0.15) is 51.9 Å². The van der Waals surface area contributed by atoms with Crippen molar-refractivity contribution in [2.24, 2.45) is 0 Å². The molecular formula is C20H28N2O2S. The maximum Gasteiger partial charge on any atom is 0.253 e. The summed E-state index contributed by atoms with van der Waals surface area (Å²) in [5.41, 5.74) is 1.58. The van der Waals surface area contributed by atoms with Crippen LogP contribution in [0.3, 0.4) is 0 Å². The number of pyridine rings is 1. The van der Waals surface area contributed by atoms with Crippen molar-refractivity contribution in [1.82, 2.24) is 4.98 Å². The minimum Gasteiger partial charge on any atom is -0.383 e. The van der Waals surface area contributed by atoms with Crippen molar-refractivity contribution in [1.29, 1.82) is 0 Å². The maximum atomic E-state index is 12.4. The van der Waals surface area contributed by atoms with Crippen LogP contribution in [0.5, 0.6) is 0 Å². The molecule has 0 aliphatic carbocycles. The molecule has 136 valence electrons. The van der Waals surface area contributed by atoms with E-state index in [9.17, 15) is 9.90 Å². The second kappa shape index (κ2) is 10.4. The molecule has 1 aromatic carbocycles.